The highest BCUT2D eigenvalue weighted by Gasteiger charge is 2.47. The van der Waals surface area contributed by atoms with Crippen LogP contribution in [0, 0.1) is 5.92 Å². The molecule has 0 aromatic rings. The molecule has 1 saturated heterocycles. The normalized spacial score (nSPS) is 25.3. The van der Waals surface area contributed by atoms with Crippen molar-refractivity contribution < 1.29 is 52.3 Å². The summed E-state index contributed by atoms with van der Waals surface area (Å²) in [5.41, 5.74) is 7.88. The van der Waals surface area contributed by atoms with Crippen LogP contribution in [-0.2, 0) is 27.2 Å². The number of rotatable bonds is 23. The van der Waals surface area contributed by atoms with Crippen molar-refractivity contribution in [2.75, 3.05) is 13.2 Å². The van der Waals surface area contributed by atoms with E-state index in [0.717, 1.165) is 63.4 Å². The van der Waals surface area contributed by atoms with E-state index in [1.54, 1.807) is 6.08 Å². The minimum absolute atomic E-state index is 0.345. The van der Waals surface area contributed by atoms with Gasteiger partial charge in [-0.25, -0.2) is 9.13 Å². The molecule has 1 aliphatic rings. The first-order valence-electron chi connectivity index (χ1n) is 17.6. The van der Waals surface area contributed by atoms with Gasteiger partial charge in [0.2, 0.25) is 0 Å². The molecule has 0 bridgehead atoms. The molecular formula is C37H64O11P2. The molecule has 7 atom stereocenters. The molecule has 0 aliphatic carbocycles. The first-order valence-corrected chi connectivity index (χ1v) is 20.6. The summed E-state index contributed by atoms with van der Waals surface area (Å²) in [7, 11) is -10.2. The van der Waals surface area contributed by atoms with E-state index in [2.05, 4.69) is 76.2 Å². The zero-order chi connectivity index (χ0) is 37.9. The van der Waals surface area contributed by atoms with Crippen molar-refractivity contribution in [2.45, 2.75) is 144 Å². The number of aliphatic hydroxyl groups excluding tert-OH is 3. The van der Waals surface area contributed by atoms with Gasteiger partial charge in [-0.3, -0.25) is 9.05 Å². The topological polar surface area (TPSA) is 172 Å². The van der Waals surface area contributed by atoms with Crippen LogP contribution in [0.5, 0.6) is 0 Å². The average molecular weight is 747 g/mol. The van der Waals surface area contributed by atoms with Crippen molar-refractivity contribution in [3.05, 3.63) is 69.9 Å². The zero-order valence-electron chi connectivity index (χ0n) is 31.4. The number of phosphoric ester groups is 2. The molecule has 1 rings (SSSR count). The fraction of sp³-hybridized carbons (Fsp3) is 0.676. The first kappa shape index (κ1) is 46.6. The van der Waals surface area contributed by atoms with Gasteiger partial charge < -0.3 is 29.8 Å². The highest BCUT2D eigenvalue weighted by atomic mass is 31.3. The Hall–Kier alpha value is -1.46. The van der Waals surface area contributed by atoms with Crippen LogP contribution in [0.3, 0.4) is 0 Å². The van der Waals surface area contributed by atoms with E-state index in [-0.39, 0.29) is 6.61 Å². The van der Waals surface area contributed by atoms with Crippen molar-refractivity contribution in [1.29, 1.82) is 0 Å². The number of aliphatic hydroxyl groups is 3. The van der Waals surface area contributed by atoms with Gasteiger partial charge in [0.1, 0.15) is 12.2 Å². The average Bonchev–Trinajstić information content (AvgIpc) is 3.00. The summed E-state index contributed by atoms with van der Waals surface area (Å²) in [6.45, 7) is 15.2. The van der Waals surface area contributed by atoms with Crippen LogP contribution in [0.2, 0.25) is 0 Å². The van der Waals surface area contributed by atoms with Gasteiger partial charge in [-0.2, -0.15) is 4.31 Å². The number of ether oxygens (including phenoxy) is 1. The van der Waals surface area contributed by atoms with Gasteiger partial charge in [-0.15, -0.1) is 0 Å². The Bertz CT molecular complexity index is 1310. The third-order valence-corrected chi connectivity index (χ3v) is 11.1. The van der Waals surface area contributed by atoms with Gasteiger partial charge >= 0.3 is 15.6 Å². The van der Waals surface area contributed by atoms with Crippen molar-refractivity contribution in [3.63, 3.8) is 0 Å². The Balaban J connectivity index is 2.38. The lowest BCUT2D eigenvalue weighted by Gasteiger charge is -2.40. The molecule has 1 fully saturated rings. The molecule has 13 heteroatoms. The maximum atomic E-state index is 12.4. The van der Waals surface area contributed by atoms with Gasteiger partial charge in [0.25, 0.3) is 0 Å². The second-order valence-corrected chi connectivity index (χ2v) is 16.7. The lowest BCUT2D eigenvalue weighted by atomic mass is 9.93. The van der Waals surface area contributed by atoms with Crippen molar-refractivity contribution in [3.8, 4) is 0 Å². The molecule has 0 saturated carbocycles. The third-order valence-electron chi connectivity index (χ3n) is 8.52. The van der Waals surface area contributed by atoms with Crippen molar-refractivity contribution in [2.24, 2.45) is 5.92 Å². The van der Waals surface area contributed by atoms with Crippen LogP contribution in [0.15, 0.2) is 69.9 Å². The fourth-order valence-electron chi connectivity index (χ4n) is 5.20. The van der Waals surface area contributed by atoms with Crippen LogP contribution >= 0.6 is 15.6 Å². The zero-order valence-corrected chi connectivity index (χ0v) is 33.2. The minimum atomic E-state index is -5.21. The summed E-state index contributed by atoms with van der Waals surface area (Å²) in [6.07, 6.45) is 17.3. The van der Waals surface area contributed by atoms with E-state index in [4.69, 9.17) is 13.8 Å². The Morgan fingerprint density at radius 2 is 1.04 bits per heavy atom. The number of hydrogen-bond donors (Lipinski definition) is 5. The largest absolute Gasteiger partial charge is 0.483 e. The van der Waals surface area contributed by atoms with E-state index in [1.807, 2.05) is 6.92 Å². The summed E-state index contributed by atoms with van der Waals surface area (Å²) >= 11 is 0. The van der Waals surface area contributed by atoms with Gasteiger partial charge in [-0.1, -0.05) is 76.8 Å². The summed E-state index contributed by atoms with van der Waals surface area (Å²) in [6, 6.07) is 0. The van der Waals surface area contributed by atoms with Gasteiger partial charge in [0, 0.05) is 5.92 Å². The van der Waals surface area contributed by atoms with E-state index in [1.165, 1.54) is 34.8 Å². The number of hydrogen-bond acceptors (Lipinski definition) is 9. The van der Waals surface area contributed by atoms with Crippen molar-refractivity contribution >= 4 is 15.6 Å². The smallest absolute Gasteiger partial charge is 0.394 e. The first-order chi connectivity index (χ1) is 23.4. The molecule has 0 aromatic carbocycles. The lowest BCUT2D eigenvalue weighted by molar-refractivity contribution is -0.259. The quantitative estimate of drug-likeness (QED) is 0.0499. The fourth-order valence-corrected chi connectivity index (χ4v) is 7.36. The highest BCUT2D eigenvalue weighted by molar-refractivity contribution is 7.61. The van der Waals surface area contributed by atoms with Gasteiger partial charge in [0.15, 0.2) is 6.29 Å². The van der Waals surface area contributed by atoms with E-state index < -0.39 is 52.8 Å². The predicted octanol–water partition coefficient (Wildman–Crippen LogP) is 8.91. The molecule has 50 heavy (non-hydrogen) atoms. The van der Waals surface area contributed by atoms with Crippen LogP contribution in [-0.4, -0.2) is 62.9 Å². The molecule has 0 amide bonds. The van der Waals surface area contributed by atoms with Gasteiger partial charge in [0.05, 0.1) is 19.3 Å². The summed E-state index contributed by atoms with van der Waals surface area (Å²) in [5.74, 6) is -1.02. The Morgan fingerprint density at radius 1 is 0.640 bits per heavy atom. The van der Waals surface area contributed by atoms with Crippen LogP contribution in [0.1, 0.15) is 120 Å². The number of allylic oxidation sites excluding steroid dienone is 11. The Labute approximate surface area is 300 Å². The molecule has 1 aliphatic heterocycles. The molecular weight excluding hydrogens is 682 g/mol. The van der Waals surface area contributed by atoms with E-state index >= 15 is 0 Å². The Morgan fingerprint density at radius 3 is 1.44 bits per heavy atom. The van der Waals surface area contributed by atoms with Crippen LogP contribution in [0.4, 0.5) is 0 Å². The third kappa shape index (κ3) is 20.5. The Kier molecular flexibility index (Phi) is 22.3. The molecule has 5 N–H and O–H groups in total. The van der Waals surface area contributed by atoms with E-state index in [9.17, 15) is 34.2 Å². The minimum Gasteiger partial charge on any atom is -0.394 e. The maximum absolute atomic E-state index is 12.4. The second kappa shape index (κ2) is 24.0. The number of phosphoric acid groups is 2. The molecule has 0 aromatic heterocycles. The van der Waals surface area contributed by atoms with Crippen LogP contribution < -0.4 is 0 Å². The maximum Gasteiger partial charge on any atom is 0.483 e. The van der Waals surface area contributed by atoms with E-state index in [0.29, 0.717) is 6.42 Å². The lowest BCUT2D eigenvalue weighted by Crippen LogP contribution is -2.55. The highest BCUT2D eigenvalue weighted by Crippen LogP contribution is 2.61. The molecule has 11 nitrogen and oxygen atoms in total. The molecule has 0 spiro atoms. The monoisotopic (exact) mass is 746 g/mol. The molecule has 1 heterocycles. The van der Waals surface area contributed by atoms with Crippen molar-refractivity contribution in [1.82, 2.24) is 0 Å². The summed E-state index contributed by atoms with van der Waals surface area (Å²) in [4.78, 5) is 20.0. The second-order valence-electron chi connectivity index (χ2n) is 13.7. The predicted molar refractivity (Wildman–Crippen MR) is 199 cm³/mol. The van der Waals surface area contributed by atoms with Crippen LogP contribution in [0.25, 0.3) is 0 Å². The SMILES string of the molecule is CC(C)=CCC/C(C)=C\CC/C(C)=C\CC/C(C)=C\CC/C(C)=C\CC/C(C)=C\COP(=O)(O)OP(=O)(O)O[C@H]1OC(CO)[C@@H](O)[C@H](O)C1C. The molecule has 288 valence electrons. The molecule has 4 unspecified atom stereocenters. The standard InChI is InChI=1S/C37H64O11P2/c1-27(2)14-9-15-28(3)16-10-17-29(4)18-11-19-30(5)20-12-21-31(6)22-13-23-32(7)24-25-45-49(41,42)48-50(43,44)47-37-33(8)35(39)36(40)34(26-38)46-37/h14,16,18,20,22,24,33-40H,9-13,15,17,19,21,23,25-26H2,1-8H3,(H,41,42)(H,43,44)/b28-16-,29-18-,30-20-,31-22-,32-24-/t33?,34?,35-,36-,37-/m1/s1. The summed E-state index contributed by atoms with van der Waals surface area (Å²) in [5, 5.41) is 29.3. The summed E-state index contributed by atoms with van der Waals surface area (Å²) < 4.78 is 43.9. The van der Waals surface area contributed by atoms with Gasteiger partial charge in [-0.05, 0) is 113 Å². The molecule has 0 radical (unpaired) electrons.